The van der Waals surface area contributed by atoms with Gasteiger partial charge in [0.1, 0.15) is 6.07 Å². The first-order chi connectivity index (χ1) is 9.86. The van der Waals surface area contributed by atoms with E-state index in [0.717, 1.165) is 0 Å². The van der Waals surface area contributed by atoms with Gasteiger partial charge in [-0.05, 0) is 31.2 Å². The molecule has 0 N–H and O–H groups in total. The van der Waals surface area contributed by atoms with E-state index in [1.807, 2.05) is 0 Å². The predicted molar refractivity (Wildman–Crippen MR) is 77.0 cm³/mol. The zero-order chi connectivity index (χ0) is 16.0. The molecule has 1 atom stereocenters. The average molecular weight is 310 g/mol. The van der Waals surface area contributed by atoms with Crippen LogP contribution < -0.4 is 0 Å². The summed E-state index contributed by atoms with van der Waals surface area (Å²) in [6.07, 6.45) is -0.850. The smallest absolute Gasteiger partial charge is 0.339 e. The zero-order valence-electron chi connectivity index (χ0n) is 12.2. The molecular formula is C14H18N2O4S. The molecule has 21 heavy (non-hydrogen) atoms. The molecule has 6 nitrogen and oxygen atoms in total. The second-order valence-electron chi connectivity index (χ2n) is 4.29. The fourth-order valence-electron chi connectivity index (χ4n) is 1.73. The van der Waals surface area contributed by atoms with Gasteiger partial charge in [-0.15, -0.1) is 0 Å². The van der Waals surface area contributed by atoms with Crippen molar-refractivity contribution in [2.24, 2.45) is 0 Å². The fourth-order valence-corrected chi connectivity index (χ4v) is 3.19. The van der Waals surface area contributed by atoms with Gasteiger partial charge >= 0.3 is 5.97 Å². The number of ether oxygens (including phenoxy) is 1. The van der Waals surface area contributed by atoms with Gasteiger partial charge in [-0.1, -0.05) is 13.8 Å². The van der Waals surface area contributed by atoms with E-state index in [4.69, 9.17) is 10.00 Å². The molecule has 0 unspecified atom stereocenters. The minimum Gasteiger partial charge on any atom is -0.444 e. The summed E-state index contributed by atoms with van der Waals surface area (Å²) in [6, 6.07) is 7.27. The highest BCUT2D eigenvalue weighted by Gasteiger charge is 2.22. The maximum Gasteiger partial charge on any atom is 0.339 e. The van der Waals surface area contributed by atoms with Crippen molar-refractivity contribution in [3.8, 4) is 6.07 Å². The number of hydrogen-bond donors (Lipinski definition) is 0. The monoisotopic (exact) mass is 310 g/mol. The Balaban J connectivity index is 2.98. The van der Waals surface area contributed by atoms with Gasteiger partial charge in [-0.2, -0.15) is 9.57 Å². The van der Waals surface area contributed by atoms with E-state index in [1.165, 1.54) is 35.5 Å². The average Bonchev–Trinajstić information content (AvgIpc) is 2.48. The molecule has 0 aliphatic carbocycles. The van der Waals surface area contributed by atoms with Gasteiger partial charge in [0.05, 0.1) is 10.5 Å². The van der Waals surface area contributed by atoms with Crippen LogP contribution in [0.1, 0.15) is 31.1 Å². The summed E-state index contributed by atoms with van der Waals surface area (Å²) in [6.45, 7) is 5.73. The quantitative estimate of drug-likeness (QED) is 0.747. The summed E-state index contributed by atoms with van der Waals surface area (Å²) in [7, 11) is -3.54. The molecule has 0 amide bonds. The Morgan fingerprint density at radius 3 is 2.24 bits per heavy atom. The number of carbonyl (C=O) groups excluding carboxylic acids is 1. The molecule has 0 spiro atoms. The van der Waals surface area contributed by atoms with Gasteiger partial charge in [0.15, 0.2) is 6.10 Å². The van der Waals surface area contributed by atoms with Gasteiger partial charge in [0.25, 0.3) is 0 Å². The number of carbonyl (C=O) groups is 1. The third-order valence-electron chi connectivity index (χ3n) is 2.90. The normalized spacial score (nSPS) is 12.7. The summed E-state index contributed by atoms with van der Waals surface area (Å²) < 4.78 is 30.7. The molecule has 0 fully saturated rings. The van der Waals surface area contributed by atoms with Crippen molar-refractivity contribution in [1.29, 1.82) is 5.26 Å². The molecule has 1 aromatic carbocycles. The summed E-state index contributed by atoms with van der Waals surface area (Å²) in [5.41, 5.74) is 0.204. The Morgan fingerprint density at radius 1 is 1.29 bits per heavy atom. The number of hydrogen-bond acceptors (Lipinski definition) is 5. The van der Waals surface area contributed by atoms with Crippen LogP contribution in [0.25, 0.3) is 0 Å². The van der Waals surface area contributed by atoms with Crippen LogP contribution in [0.5, 0.6) is 0 Å². The SMILES string of the molecule is CCN(CC)S(=O)(=O)c1ccc(C(=O)O[C@H](C)C#N)cc1. The second kappa shape index (κ2) is 7.20. The molecule has 114 valence electrons. The van der Waals surface area contributed by atoms with Gasteiger partial charge in [-0.3, -0.25) is 0 Å². The maximum absolute atomic E-state index is 12.3. The first-order valence-corrected chi connectivity index (χ1v) is 8.01. The van der Waals surface area contributed by atoms with Crippen LogP contribution in [0, 0.1) is 11.3 Å². The summed E-state index contributed by atoms with van der Waals surface area (Å²) in [5, 5.41) is 8.58. The Labute approximate surface area is 125 Å². The highest BCUT2D eigenvalue weighted by atomic mass is 32.2. The van der Waals surface area contributed by atoms with E-state index >= 15 is 0 Å². The molecule has 0 bridgehead atoms. The molecule has 0 aliphatic rings. The van der Waals surface area contributed by atoms with Crippen molar-refractivity contribution in [3.05, 3.63) is 29.8 Å². The molecule has 1 aromatic rings. The number of benzene rings is 1. The Kier molecular flexibility index (Phi) is 5.88. The fraction of sp³-hybridized carbons (Fsp3) is 0.429. The molecule has 0 radical (unpaired) electrons. The Hall–Kier alpha value is -1.91. The number of nitrogens with zero attached hydrogens (tertiary/aromatic N) is 2. The van der Waals surface area contributed by atoms with E-state index < -0.39 is 22.1 Å². The van der Waals surface area contributed by atoms with Crippen molar-refractivity contribution >= 4 is 16.0 Å². The molecule has 1 rings (SSSR count). The first-order valence-electron chi connectivity index (χ1n) is 6.57. The molecule has 0 saturated heterocycles. The minimum absolute atomic E-state index is 0.121. The lowest BCUT2D eigenvalue weighted by molar-refractivity contribution is 0.0435. The van der Waals surface area contributed by atoms with Crippen molar-refractivity contribution in [3.63, 3.8) is 0 Å². The predicted octanol–water partition coefficient (Wildman–Crippen LogP) is 1.79. The van der Waals surface area contributed by atoms with Crippen LogP contribution in [0.15, 0.2) is 29.2 Å². The molecular weight excluding hydrogens is 292 g/mol. The summed E-state index contributed by atoms with van der Waals surface area (Å²) in [4.78, 5) is 11.8. The van der Waals surface area contributed by atoms with Crippen LogP contribution in [0.2, 0.25) is 0 Å². The third kappa shape index (κ3) is 4.03. The van der Waals surface area contributed by atoms with Gasteiger partial charge in [0.2, 0.25) is 10.0 Å². The number of sulfonamides is 1. The number of nitriles is 1. The number of rotatable bonds is 6. The van der Waals surface area contributed by atoms with E-state index in [9.17, 15) is 13.2 Å². The standard InChI is InChI=1S/C14H18N2O4S/c1-4-16(5-2)21(18,19)13-8-6-12(7-9-13)14(17)20-11(3)10-15/h6-9,11H,4-5H2,1-3H3/t11-/m1/s1. The van der Waals surface area contributed by atoms with E-state index in [-0.39, 0.29) is 10.5 Å². The Bertz CT molecular complexity index is 628. The van der Waals surface area contributed by atoms with Gasteiger partial charge in [-0.25, -0.2) is 13.2 Å². The van der Waals surface area contributed by atoms with Crippen molar-refractivity contribution < 1.29 is 17.9 Å². The summed E-state index contributed by atoms with van der Waals surface area (Å²) >= 11 is 0. The Morgan fingerprint density at radius 2 is 1.81 bits per heavy atom. The lowest BCUT2D eigenvalue weighted by atomic mass is 10.2. The van der Waals surface area contributed by atoms with E-state index in [0.29, 0.717) is 13.1 Å². The van der Waals surface area contributed by atoms with Gasteiger partial charge in [0, 0.05) is 13.1 Å². The minimum atomic E-state index is -3.54. The topological polar surface area (TPSA) is 87.5 Å². The molecule has 0 heterocycles. The van der Waals surface area contributed by atoms with Crippen LogP contribution in [-0.2, 0) is 14.8 Å². The zero-order valence-corrected chi connectivity index (χ0v) is 13.1. The lowest BCUT2D eigenvalue weighted by Gasteiger charge is -2.18. The first kappa shape index (κ1) is 17.1. The maximum atomic E-state index is 12.3. The highest BCUT2D eigenvalue weighted by molar-refractivity contribution is 7.89. The molecule has 0 aliphatic heterocycles. The van der Waals surface area contributed by atoms with Crippen LogP contribution in [0.4, 0.5) is 0 Å². The molecule has 0 aromatic heterocycles. The molecule has 0 saturated carbocycles. The van der Waals surface area contributed by atoms with Gasteiger partial charge < -0.3 is 4.74 Å². The van der Waals surface area contributed by atoms with Crippen molar-refractivity contribution in [1.82, 2.24) is 4.31 Å². The van der Waals surface area contributed by atoms with Crippen molar-refractivity contribution in [2.75, 3.05) is 13.1 Å². The lowest BCUT2D eigenvalue weighted by Crippen LogP contribution is -2.30. The van der Waals surface area contributed by atoms with E-state index in [1.54, 1.807) is 19.9 Å². The summed E-state index contributed by atoms with van der Waals surface area (Å²) in [5.74, 6) is -0.657. The highest BCUT2D eigenvalue weighted by Crippen LogP contribution is 2.16. The third-order valence-corrected chi connectivity index (χ3v) is 4.96. The van der Waals surface area contributed by atoms with E-state index in [2.05, 4.69) is 0 Å². The largest absolute Gasteiger partial charge is 0.444 e. The van der Waals surface area contributed by atoms with Crippen LogP contribution in [0.3, 0.4) is 0 Å². The van der Waals surface area contributed by atoms with Crippen molar-refractivity contribution in [2.45, 2.75) is 31.8 Å². The van der Waals surface area contributed by atoms with Crippen LogP contribution >= 0.6 is 0 Å². The number of esters is 1. The molecule has 7 heteroatoms. The second-order valence-corrected chi connectivity index (χ2v) is 6.23. The van der Waals surface area contributed by atoms with Crippen LogP contribution in [-0.4, -0.2) is 37.9 Å².